The van der Waals surface area contributed by atoms with Crippen LogP contribution in [0.5, 0.6) is 0 Å². The lowest BCUT2D eigenvalue weighted by molar-refractivity contribution is -0.128. The third kappa shape index (κ3) is 1.36. The first-order chi connectivity index (χ1) is 8.04. The van der Waals surface area contributed by atoms with E-state index in [2.05, 4.69) is 19.9 Å². The minimum Gasteiger partial charge on any atom is -0.369 e. The van der Waals surface area contributed by atoms with Crippen molar-refractivity contribution in [3.05, 3.63) is 22.8 Å². The maximum absolute atomic E-state index is 12.1. The summed E-state index contributed by atoms with van der Waals surface area (Å²) in [5.74, 6) is 1.20. The van der Waals surface area contributed by atoms with Crippen LogP contribution in [0.25, 0.3) is 0 Å². The average molecular weight is 231 g/mol. The maximum Gasteiger partial charge on any atom is 0.228 e. The lowest BCUT2D eigenvalue weighted by atomic mass is 9.67. The third-order valence-electron chi connectivity index (χ3n) is 5.38. The first kappa shape index (κ1) is 11.1. The van der Waals surface area contributed by atoms with Crippen LogP contribution < -0.4 is 5.73 Å². The highest BCUT2D eigenvalue weighted by Crippen LogP contribution is 2.61. The van der Waals surface area contributed by atoms with Crippen LogP contribution in [0.2, 0.25) is 0 Å². The molecule has 3 unspecified atom stereocenters. The molecule has 2 nitrogen and oxygen atoms in total. The monoisotopic (exact) mass is 231 g/mol. The molecule has 3 aliphatic carbocycles. The van der Waals surface area contributed by atoms with Crippen LogP contribution in [-0.4, -0.2) is 5.91 Å². The second-order valence-electron chi connectivity index (χ2n) is 6.23. The van der Waals surface area contributed by atoms with E-state index in [1.165, 1.54) is 36.0 Å². The summed E-state index contributed by atoms with van der Waals surface area (Å²) in [6.07, 6.45) is 7.94. The molecule has 2 N–H and O–H groups in total. The molecule has 3 aliphatic rings. The fourth-order valence-corrected chi connectivity index (χ4v) is 4.33. The number of rotatable bonds is 2. The van der Waals surface area contributed by atoms with Gasteiger partial charge >= 0.3 is 0 Å². The van der Waals surface area contributed by atoms with Crippen molar-refractivity contribution in [3.63, 3.8) is 0 Å². The quantitative estimate of drug-likeness (QED) is 0.780. The summed E-state index contributed by atoms with van der Waals surface area (Å²) in [6, 6.07) is 0. The van der Waals surface area contributed by atoms with Crippen molar-refractivity contribution in [2.75, 3.05) is 0 Å². The molecule has 2 bridgehead atoms. The first-order valence-corrected chi connectivity index (χ1v) is 6.71. The zero-order chi connectivity index (χ0) is 12.2. The number of primary amides is 1. The van der Waals surface area contributed by atoms with E-state index in [0.717, 1.165) is 18.8 Å². The molecule has 2 saturated carbocycles. The molecule has 17 heavy (non-hydrogen) atoms. The van der Waals surface area contributed by atoms with Gasteiger partial charge in [0.15, 0.2) is 0 Å². The SMILES string of the molecule is CC1=C(C)CC(C2(C(N)=O)CC3CCC2C3)=C1. The Labute approximate surface area is 103 Å². The van der Waals surface area contributed by atoms with Crippen molar-refractivity contribution in [1.82, 2.24) is 0 Å². The molecule has 2 fully saturated rings. The number of allylic oxidation sites excluding steroid dienone is 3. The Morgan fingerprint density at radius 1 is 1.41 bits per heavy atom. The number of hydrogen-bond donors (Lipinski definition) is 1. The Balaban J connectivity index is 1.99. The van der Waals surface area contributed by atoms with Gasteiger partial charge < -0.3 is 5.73 Å². The van der Waals surface area contributed by atoms with E-state index < -0.39 is 0 Å². The molecule has 0 aromatic carbocycles. The highest BCUT2D eigenvalue weighted by atomic mass is 16.1. The second kappa shape index (κ2) is 3.47. The van der Waals surface area contributed by atoms with Gasteiger partial charge in [0.25, 0.3) is 0 Å². The van der Waals surface area contributed by atoms with Gasteiger partial charge in [-0.1, -0.05) is 29.2 Å². The smallest absolute Gasteiger partial charge is 0.228 e. The van der Waals surface area contributed by atoms with Crippen molar-refractivity contribution < 1.29 is 4.79 Å². The average Bonchev–Trinajstić information content (AvgIpc) is 2.93. The van der Waals surface area contributed by atoms with Crippen molar-refractivity contribution in [2.45, 2.75) is 46.0 Å². The molecule has 0 spiro atoms. The van der Waals surface area contributed by atoms with E-state index in [9.17, 15) is 4.79 Å². The Bertz CT molecular complexity index is 446. The molecule has 0 aliphatic heterocycles. The molecule has 0 aromatic heterocycles. The van der Waals surface area contributed by atoms with E-state index in [0.29, 0.717) is 5.92 Å². The molecule has 0 saturated heterocycles. The van der Waals surface area contributed by atoms with E-state index in [1.807, 2.05) is 0 Å². The topological polar surface area (TPSA) is 43.1 Å². The van der Waals surface area contributed by atoms with Gasteiger partial charge in [0.2, 0.25) is 5.91 Å². The number of carbonyl (C=O) groups excluding carboxylic acids is 1. The second-order valence-corrected chi connectivity index (χ2v) is 6.23. The summed E-state index contributed by atoms with van der Waals surface area (Å²) in [7, 11) is 0. The summed E-state index contributed by atoms with van der Waals surface area (Å²) in [6.45, 7) is 4.31. The van der Waals surface area contributed by atoms with Gasteiger partial charge in [-0.25, -0.2) is 0 Å². The van der Waals surface area contributed by atoms with Crippen LogP contribution in [-0.2, 0) is 4.79 Å². The van der Waals surface area contributed by atoms with Crippen LogP contribution in [0.15, 0.2) is 22.8 Å². The number of nitrogens with two attached hydrogens (primary N) is 1. The first-order valence-electron chi connectivity index (χ1n) is 6.71. The lowest BCUT2D eigenvalue weighted by Crippen LogP contribution is -2.42. The highest BCUT2D eigenvalue weighted by Gasteiger charge is 2.56. The van der Waals surface area contributed by atoms with Crippen molar-refractivity contribution in [3.8, 4) is 0 Å². The molecule has 0 heterocycles. The highest BCUT2D eigenvalue weighted by molar-refractivity contribution is 5.86. The third-order valence-corrected chi connectivity index (χ3v) is 5.38. The number of amides is 1. The summed E-state index contributed by atoms with van der Waals surface area (Å²) in [4.78, 5) is 12.1. The van der Waals surface area contributed by atoms with Crippen LogP contribution in [0, 0.1) is 17.3 Å². The lowest BCUT2D eigenvalue weighted by Gasteiger charge is -2.36. The Morgan fingerprint density at radius 3 is 2.59 bits per heavy atom. The van der Waals surface area contributed by atoms with Crippen molar-refractivity contribution in [2.24, 2.45) is 23.0 Å². The summed E-state index contributed by atoms with van der Waals surface area (Å²) < 4.78 is 0. The number of carbonyl (C=O) groups is 1. The standard InChI is InChI=1S/C15H21NO/c1-9-5-13(6-10(9)2)15(14(16)17)8-11-3-4-12(15)7-11/h5,11-12H,3-4,6-8H2,1-2H3,(H2,16,17). The molecular formula is C15H21NO. The fraction of sp³-hybridized carbons (Fsp3) is 0.667. The summed E-state index contributed by atoms with van der Waals surface area (Å²) >= 11 is 0. The van der Waals surface area contributed by atoms with Gasteiger partial charge in [0.05, 0.1) is 5.41 Å². The molecule has 92 valence electrons. The molecule has 0 aromatic rings. The summed E-state index contributed by atoms with van der Waals surface area (Å²) in [5, 5.41) is 0. The van der Waals surface area contributed by atoms with Gasteiger partial charge in [-0.05, 0) is 51.4 Å². The molecule has 3 rings (SSSR count). The summed E-state index contributed by atoms with van der Waals surface area (Å²) in [5.41, 5.74) is 9.56. The largest absolute Gasteiger partial charge is 0.369 e. The van der Waals surface area contributed by atoms with Gasteiger partial charge in [0, 0.05) is 0 Å². The van der Waals surface area contributed by atoms with Crippen LogP contribution in [0.1, 0.15) is 46.0 Å². The number of hydrogen-bond acceptors (Lipinski definition) is 1. The molecule has 3 atom stereocenters. The van der Waals surface area contributed by atoms with E-state index in [1.54, 1.807) is 0 Å². The molecule has 2 heteroatoms. The molecular weight excluding hydrogens is 210 g/mol. The van der Waals surface area contributed by atoms with Gasteiger partial charge in [-0.2, -0.15) is 0 Å². The van der Waals surface area contributed by atoms with Gasteiger partial charge in [-0.15, -0.1) is 0 Å². The van der Waals surface area contributed by atoms with E-state index >= 15 is 0 Å². The van der Waals surface area contributed by atoms with Gasteiger partial charge in [0.1, 0.15) is 0 Å². The Kier molecular flexibility index (Phi) is 2.26. The molecule has 1 amide bonds. The normalized spacial score (nSPS) is 40.0. The van der Waals surface area contributed by atoms with Crippen molar-refractivity contribution >= 4 is 5.91 Å². The zero-order valence-electron chi connectivity index (χ0n) is 10.8. The van der Waals surface area contributed by atoms with Crippen LogP contribution in [0.4, 0.5) is 0 Å². The maximum atomic E-state index is 12.1. The van der Waals surface area contributed by atoms with E-state index in [-0.39, 0.29) is 11.3 Å². The fourth-order valence-electron chi connectivity index (χ4n) is 4.33. The van der Waals surface area contributed by atoms with Gasteiger partial charge in [-0.3, -0.25) is 4.79 Å². The van der Waals surface area contributed by atoms with Crippen LogP contribution >= 0.6 is 0 Å². The van der Waals surface area contributed by atoms with Crippen molar-refractivity contribution in [1.29, 1.82) is 0 Å². The Morgan fingerprint density at radius 2 is 2.18 bits per heavy atom. The predicted molar refractivity (Wildman–Crippen MR) is 68.1 cm³/mol. The predicted octanol–water partition coefficient (Wildman–Crippen LogP) is 2.94. The molecule has 0 radical (unpaired) electrons. The minimum absolute atomic E-state index is 0.0709. The Hall–Kier alpha value is -1.05. The minimum atomic E-state index is -0.290. The van der Waals surface area contributed by atoms with Crippen LogP contribution in [0.3, 0.4) is 0 Å². The number of fused-ring (bicyclic) bond motifs is 2. The van der Waals surface area contributed by atoms with E-state index in [4.69, 9.17) is 5.73 Å². The zero-order valence-corrected chi connectivity index (χ0v) is 10.8.